The largest absolute Gasteiger partial charge is 0.396 e. The number of urea groups is 1. The molecule has 0 spiro atoms. The fourth-order valence-electron chi connectivity index (χ4n) is 1.30. The van der Waals surface area contributed by atoms with Crippen LogP contribution in [0.1, 0.15) is 18.9 Å². The molecular weight excluding hydrogens is 204 g/mol. The second-order valence-corrected chi connectivity index (χ2v) is 3.55. The van der Waals surface area contributed by atoms with Crippen LogP contribution in [0.25, 0.3) is 0 Å². The van der Waals surface area contributed by atoms with Crippen molar-refractivity contribution in [2.75, 3.05) is 18.5 Å². The molecule has 0 aliphatic heterocycles. The normalized spacial score (nSPS) is 9.88. The molecule has 0 unspecified atom stereocenters. The van der Waals surface area contributed by atoms with Crippen molar-refractivity contribution in [3.05, 3.63) is 29.8 Å². The average molecular weight is 222 g/mol. The molecule has 0 aromatic heterocycles. The second-order valence-electron chi connectivity index (χ2n) is 3.55. The van der Waals surface area contributed by atoms with E-state index in [1.54, 1.807) is 0 Å². The maximum Gasteiger partial charge on any atom is 0.319 e. The van der Waals surface area contributed by atoms with Gasteiger partial charge < -0.3 is 15.7 Å². The van der Waals surface area contributed by atoms with Crippen LogP contribution in [0.15, 0.2) is 24.3 Å². The van der Waals surface area contributed by atoms with Gasteiger partial charge in [-0.05, 0) is 30.5 Å². The van der Waals surface area contributed by atoms with E-state index in [1.807, 2.05) is 31.2 Å². The fraction of sp³-hybridized carbons (Fsp3) is 0.417. The third-order valence-corrected chi connectivity index (χ3v) is 2.15. The Labute approximate surface area is 95.7 Å². The number of aliphatic hydroxyl groups excluding tert-OH is 1. The first-order valence-electron chi connectivity index (χ1n) is 5.51. The van der Waals surface area contributed by atoms with Gasteiger partial charge in [-0.1, -0.05) is 19.1 Å². The van der Waals surface area contributed by atoms with Crippen molar-refractivity contribution in [2.45, 2.75) is 19.8 Å². The van der Waals surface area contributed by atoms with Crippen molar-refractivity contribution in [1.82, 2.24) is 5.32 Å². The van der Waals surface area contributed by atoms with Gasteiger partial charge in [-0.15, -0.1) is 0 Å². The Hall–Kier alpha value is -1.55. The van der Waals surface area contributed by atoms with Crippen LogP contribution in [-0.2, 0) is 6.42 Å². The summed E-state index contributed by atoms with van der Waals surface area (Å²) in [5.41, 5.74) is 1.82. The van der Waals surface area contributed by atoms with Gasteiger partial charge in [-0.25, -0.2) is 4.79 Å². The SMILES string of the molecule is CCCNC(=O)Nc1ccc(CCO)cc1. The molecule has 0 aliphatic carbocycles. The number of carbonyl (C=O) groups is 1. The van der Waals surface area contributed by atoms with E-state index in [-0.39, 0.29) is 12.6 Å². The van der Waals surface area contributed by atoms with Crippen molar-refractivity contribution in [3.63, 3.8) is 0 Å². The second kappa shape index (κ2) is 6.85. The molecule has 4 nitrogen and oxygen atoms in total. The van der Waals surface area contributed by atoms with Crippen LogP contribution in [0.3, 0.4) is 0 Å². The van der Waals surface area contributed by atoms with Crippen LogP contribution in [-0.4, -0.2) is 24.3 Å². The third kappa shape index (κ3) is 4.31. The van der Waals surface area contributed by atoms with Gasteiger partial charge in [0, 0.05) is 18.8 Å². The van der Waals surface area contributed by atoms with Gasteiger partial charge >= 0.3 is 6.03 Å². The minimum absolute atomic E-state index is 0.143. The predicted octanol–water partition coefficient (Wildman–Crippen LogP) is 1.75. The first-order chi connectivity index (χ1) is 7.76. The van der Waals surface area contributed by atoms with E-state index < -0.39 is 0 Å². The van der Waals surface area contributed by atoms with Crippen LogP contribution in [0.5, 0.6) is 0 Å². The van der Waals surface area contributed by atoms with Crippen LogP contribution in [0, 0.1) is 0 Å². The Kier molecular flexibility index (Phi) is 5.36. The minimum atomic E-state index is -0.184. The maximum absolute atomic E-state index is 11.3. The van der Waals surface area contributed by atoms with Gasteiger partial charge in [0.15, 0.2) is 0 Å². The molecule has 1 aromatic rings. The molecule has 0 heterocycles. The lowest BCUT2D eigenvalue weighted by Crippen LogP contribution is -2.29. The molecule has 88 valence electrons. The Balaban J connectivity index is 2.45. The van der Waals surface area contributed by atoms with Gasteiger partial charge in [0.05, 0.1) is 0 Å². The van der Waals surface area contributed by atoms with E-state index in [2.05, 4.69) is 10.6 Å². The highest BCUT2D eigenvalue weighted by atomic mass is 16.3. The lowest BCUT2D eigenvalue weighted by atomic mass is 10.1. The highest BCUT2D eigenvalue weighted by Crippen LogP contribution is 2.09. The molecule has 0 atom stereocenters. The molecule has 0 bridgehead atoms. The molecule has 16 heavy (non-hydrogen) atoms. The van der Waals surface area contributed by atoms with E-state index in [0.29, 0.717) is 13.0 Å². The zero-order valence-electron chi connectivity index (χ0n) is 9.49. The molecule has 0 radical (unpaired) electrons. The Morgan fingerprint density at radius 3 is 2.56 bits per heavy atom. The highest BCUT2D eigenvalue weighted by molar-refractivity contribution is 5.89. The first kappa shape index (κ1) is 12.5. The van der Waals surface area contributed by atoms with E-state index >= 15 is 0 Å². The molecule has 0 saturated heterocycles. The molecule has 4 heteroatoms. The molecule has 0 saturated carbocycles. The number of nitrogens with one attached hydrogen (secondary N) is 2. The quantitative estimate of drug-likeness (QED) is 0.710. The van der Waals surface area contributed by atoms with Crippen molar-refractivity contribution in [1.29, 1.82) is 0 Å². The Morgan fingerprint density at radius 2 is 2.00 bits per heavy atom. The van der Waals surface area contributed by atoms with Crippen molar-refractivity contribution < 1.29 is 9.90 Å². The summed E-state index contributed by atoms with van der Waals surface area (Å²) < 4.78 is 0. The summed E-state index contributed by atoms with van der Waals surface area (Å²) >= 11 is 0. The van der Waals surface area contributed by atoms with Crippen molar-refractivity contribution in [3.8, 4) is 0 Å². The third-order valence-electron chi connectivity index (χ3n) is 2.15. The predicted molar refractivity (Wildman–Crippen MR) is 64.5 cm³/mol. The summed E-state index contributed by atoms with van der Waals surface area (Å²) in [6.07, 6.45) is 1.56. The Bertz CT molecular complexity index is 322. The van der Waals surface area contributed by atoms with E-state index in [4.69, 9.17) is 5.11 Å². The van der Waals surface area contributed by atoms with Crippen LogP contribution >= 0.6 is 0 Å². The highest BCUT2D eigenvalue weighted by Gasteiger charge is 1.99. The summed E-state index contributed by atoms with van der Waals surface area (Å²) in [4.78, 5) is 11.3. The lowest BCUT2D eigenvalue weighted by Gasteiger charge is -2.07. The number of benzene rings is 1. The minimum Gasteiger partial charge on any atom is -0.396 e. The first-order valence-corrected chi connectivity index (χ1v) is 5.51. The molecule has 2 amide bonds. The smallest absolute Gasteiger partial charge is 0.319 e. The standard InChI is InChI=1S/C12H18N2O2/c1-2-8-13-12(16)14-11-5-3-10(4-6-11)7-9-15/h3-6,15H,2,7-9H2,1H3,(H2,13,14,16). The number of aliphatic hydroxyl groups is 1. The number of hydrogen-bond acceptors (Lipinski definition) is 2. The lowest BCUT2D eigenvalue weighted by molar-refractivity contribution is 0.252. The molecule has 3 N–H and O–H groups in total. The van der Waals surface area contributed by atoms with Gasteiger partial charge in [-0.2, -0.15) is 0 Å². The molecule has 0 aliphatic rings. The van der Waals surface area contributed by atoms with E-state index in [1.165, 1.54) is 0 Å². The summed E-state index contributed by atoms with van der Waals surface area (Å²) in [5.74, 6) is 0. The molecule has 1 aromatic carbocycles. The molecule has 1 rings (SSSR count). The summed E-state index contributed by atoms with van der Waals surface area (Å²) in [5, 5.41) is 14.2. The number of rotatable bonds is 5. The van der Waals surface area contributed by atoms with Crippen LogP contribution in [0.2, 0.25) is 0 Å². The van der Waals surface area contributed by atoms with E-state index in [9.17, 15) is 4.79 Å². The van der Waals surface area contributed by atoms with E-state index in [0.717, 1.165) is 17.7 Å². The number of amides is 2. The number of anilines is 1. The van der Waals surface area contributed by atoms with Gasteiger partial charge in [-0.3, -0.25) is 0 Å². The monoisotopic (exact) mass is 222 g/mol. The number of carbonyl (C=O) groups excluding carboxylic acids is 1. The van der Waals surface area contributed by atoms with Gasteiger partial charge in [0.25, 0.3) is 0 Å². The zero-order valence-corrected chi connectivity index (χ0v) is 9.49. The Morgan fingerprint density at radius 1 is 1.31 bits per heavy atom. The summed E-state index contributed by atoms with van der Waals surface area (Å²) in [7, 11) is 0. The maximum atomic E-state index is 11.3. The fourth-order valence-corrected chi connectivity index (χ4v) is 1.30. The zero-order chi connectivity index (χ0) is 11.8. The van der Waals surface area contributed by atoms with Crippen LogP contribution in [0.4, 0.5) is 10.5 Å². The summed E-state index contributed by atoms with van der Waals surface area (Å²) in [6.45, 7) is 2.82. The van der Waals surface area contributed by atoms with Gasteiger partial charge in [0.1, 0.15) is 0 Å². The summed E-state index contributed by atoms with van der Waals surface area (Å²) in [6, 6.07) is 7.27. The van der Waals surface area contributed by atoms with Crippen molar-refractivity contribution in [2.24, 2.45) is 0 Å². The van der Waals surface area contributed by atoms with Crippen LogP contribution < -0.4 is 10.6 Å². The topological polar surface area (TPSA) is 61.4 Å². The molecular formula is C12H18N2O2. The average Bonchev–Trinajstić information content (AvgIpc) is 2.29. The van der Waals surface area contributed by atoms with Gasteiger partial charge in [0.2, 0.25) is 0 Å². The molecule has 0 fully saturated rings. The number of hydrogen-bond donors (Lipinski definition) is 3. The van der Waals surface area contributed by atoms with Crippen molar-refractivity contribution >= 4 is 11.7 Å².